The maximum atomic E-state index is 14.0. The van der Waals surface area contributed by atoms with Crippen LogP contribution >= 0.6 is 23.2 Å². The molecule has 2 heterocycles. The molecule has 2 aromatic carbocycles. The van der Waals surface area contributed by atoms with Gasteiger partial charge in [-0.15, -0.1) is 0 Å². The lowest BCUT2D eigenvalue weighted by Crippen LogP contribution is -2.46. The Morgan fingerprint density at radius 3 is 2.47 bits per heavy atom. The van der Waals surface area contributed by atoms with Crippen molar-refractivity contribution in [3.8, 4) is 6.07 Å². The minimum atomic E-state index is -4.77. The third kappa shape index (κ3) is 3.34. The highest BCUT2D eigenvalue weighted by Crippen LogP contribution is 2.50. The molecule has 0 spiro atoms. The van der Waals surface area contributed by atoms with E-state index in [-0.39, 0.29) is 27.1 Å². The number of para-hydroxylation sites is 1. The van der Waals surface area contributed by atoms with Crippen LogP contribution in [0.15, 0.2) is 65.1 Å². The SMILES string of the molecule is N#CC1=C(N)OC2C(C(C(F)(F)F)=NN2c2ccccc2)C1c1cc(Cl)ccc1Cl. The van der Waals surface area contributed by atoms with Crippen LogP contribution in [0.3, 0.4) is 0 Å². The van der Waals surface area contributed by atoms with Crippen LogP contribution in [0.5, 0.6) is 0 Å². The van der Waals surface area contributed by atoms with Gasteiger partial charge in [-0.3, -0.25) is 0 Å². The summed E-state index contributed by atoms with van der Waals surface area (Å²) < 4.78 is 47.6. The molecule has 3 atom stereocenters. The Hall–Kier alpha value is -2.89. The van der Waals surface area contributed by atoms with Crippen LogP contribution in [-0.2, 0) is 4.74 Å². The van der Waals surface area contributed by atoms with E-state index in [4.69, 9.17) is 33.7 Å². The number of nitrogens with zero attached hydrogens (tertiary/aromatic N) is 3. The van der Waals surface area contributed by atoms with Crippen molar-refractivity contribution in [1.82, 2.24) is 0 Å². The summed E-state index contributed by atoms with van der Waals surface area (Å²) in [7, 11) is 0. The normalized spacial score (nSPS) is 23.5. The van der Waals surface area contributed by atoms with Gasteiger partial charge in [-0.25, -0.2) is 5.01 Å². The van der Waals surface area contributed by atoms with Gasteiger partial charge >= 0.3 is 6.18 Å². The first-order chi connectivity index (χ1) is 14.2. The fraction of sp³-hybridized carbons (Fsp3) is 0.200. The van der Waals surface area contributed by atoms with E-state index in [2.05, 4.69) is 5.10 Å². The van der Waals surface area contributed by atoms with Crippen LogP contribution in [-0.4, -0.2) is 18.1 Å². The highest BCUT2D eigenvalue weighted by Gasteiger charge is 2.58. The highest BCUT2D eigenvalue weighted by atomic mass is 35.5. The van der Waals surface area contributed by atoms with Crippen molar-refractivity contribution in [2.24, 2.45) is 16.8 Å². The molecule has 0 radical (unpaired) electrons. The number of benzene rings is 2. The van der Waals surface area contributed by atoms with Crippen LogP contribution < -0.4 is 10.7 Å². The molecule has 2 aromatic rings. The summed E-state index contributed by atoms with van der Waals surface area (Å²) in [5, 5.41) is 15.0. The second-order valence-corrected chi connectivity index (χ2v) is 7.57. The standard InChI is InChI=1S/C20H13Cl2F3N4O/c21-10-6-7-14(22)12(8-10)15-13(9-26)18(27)30-19-16(15)17(20(23,24)25)28-29(19)11-4-2-1-3-5-11/h1-8,15-16,19H,27H2. The monoisotopic (exact) mass is 452 g/mol. The topological polar surface area (TPSA) is 74.6 Å². The molecule has 4 rings (SSSR count). The first-order valence-corrected chi connectivity index (χ1v) is 9.49. The Labute approximate surface area is 179 Å². The Kier molecular flexibility index (Phi) is 5.04. The summed E-state index contributed by atoms with van der Waals surface area (Å²) in [4.78, 5) is 0. The summed E-state index contributed by atoms with van der Waals surface area (Å²) in [6, 6.07) is 14.5. The number of allylic oxidation sites excluding steroid dienone is 1. The van der Waals surface area contributed by atoms with Crippen molar-refractivity contribution in [1.29, 1.82) is 5.26 Å². The molecule has 0 aromatic heterocycles. The zero-order valence-corrected chi connectivity index (χ0v) is 16.6. The zero-order chi connectivity index (χ0) is 21.6. The van der Waals surface area contributed by atoms with Crippen LogP contribution in [0, 0.1) is 17.2 Å². The fourth-order valence-corrected chi connectivity index (χ4v) is 4.17. The molecule has 30 heavy (non-hydrogen) atoms. The predicted molar refractivity (Wildman–Crippen MR) is 107 cm³/mol. The number of hydrazone groups is 1. The summed E-state index contributed by atoms with van der Waals surface area (Å²) >= 11 is 12.4. The van der Waals surface area contributed by atoms with Gasteiger partial charge in [0.1, 0.15) is 6.07 Å². The third-order valence-corrected chi connectivity index (χ3v) is 5.57. The number of alkyl halides is 3. The number of anilines is 1. The minimum absolute atomic E-state index is 0.158. The largest absolute Gasteiger partial charge is 0.452 e. The van der Waals surface area contributed by atoms with Crippen molar-refractivity contribution in [3.63, 3.8) is 0 Å². The van der Waals surface area contributed by atoms with Crippen molar-refractivity contribution < 1.29 is 17.9 Å². The predicted octanol–water partition coefficient (Wildman–Crippen LogP) is 5.18. The first kappa shape index (κ1) is 20.4. The first-order valence-electron chi connectivity index (χ1n) is 8.73. The van der Waals surface area contributed by atoms with Gasteiger partial charge in [-0.05, 0) is 35.9 Å². The van der Waals surface area contributed by atoms with Gasteiger partial charge < -0.3 is 10.5 Å². The smallest absolute Gasteiger partial charge is 0.431 e. The third-order valence-electron chi connectivity index (χ3n) is 4.99. The Morgan fingerprint density at radius 1 is 1.13 bits per heavy atom. The molecule has 0 bridgehead atoms. The number of halogens is 5. The van der Waals surface area contributed by atoms with E-state index < -0.39 is 30.0 Å². The number of nitrogens with two attached hydrogens (primary N) is 1. The number of rotatable bonds is 2. The summed E-state index contributed by atoms with van der Waals surface area (Å²) in [5.74, 6) is -2.81. The highest BCUT2D eigenvalue weighted by molar-refractivity contribution is 6.33. The van der Waals surface area contributed by atoms with Crippen molar-refractivity contribution in [2.45, 2.75) is 18.3 Å². The van der Waals surface area contributed by atoms with Crippen molar-refractivity contribution in [3.05, 3.63) is 75.6 Å². The average molecular weight is 453 g/mol. The molecule has 10 heteroatoms. The fourth-order valence-electron chi connectivity index (χ4n) is 3.76. The minimum Gasteiger partial charge on any atom is -0.452 e. The maximum Gasteiger partial charge on any atom is 0.431 e. The molecule has 3 unspecified atom stereocenters. The Morgan fingerprint density at radius 2 is 1.83 bits per heavy atom. The van der Waals surface area contributed by atoms with Gasteiger partial charge in [0.2, 0.25) is 12.1 Å². The molecule has 154 valence electrons. The van der Waals surface area contributed by atoms with Gasteiger partial charge in [0, 0.05) is 16.0 Å². The summed E-state index contributed by atoms with van der Waals surface area (Å²) in [5.41, 5.74) is 5.34. The number of hydrogen-bond donors (Lipinski definition) is 1. The van der Waals surface area contributed by atoms with E-state index in [1.54, 1.807) is 30.3 Å². The summed E-state index contributed by atoms with van der Waals surface area (Å²) in [6.45, 7) is 0. The molecular formula is C20H13Cl2F3N4O. The molecule has 2 aliphatic rings. The quantitative estimate of drug-likeness (QED) is 0.680. The number of fused-ring (bicyclic) bond motifs is 1. The van der Waals surface area contributed by atoms with Gasteiger partial charge in [0.15, 0.2) is 5.71 Å². The van der Waals surface area contributed by atoms with E-state index in [1.165, 1.54) is 18.2 Å². The molecule has 2 aliphatic heterocycles. The Balaban J connectivity index is 1.94. The lowest BCUT2D eigenvalue weighted by molar-refractivity contribution is -0.0658. The molecule has 0 fully saturated rings. The average Bonchev–Trinajstić information content (AvgIpc) is 3.09. The lowest BCUT2D eigenvalue weighted by Gasteiger charge is -2.37. The van der Waals surface area contributed by atoms with Gasteiger partial charge in [-0.1, -0.05) is 41.4 Å². The number of ether oxygens (including phenoxy) is 1. The zero-order valence-electron chi connectivity index (χ0n) is 15.1. The molecule has 0 amide bonds. The van der Waals surface area contributed by atoms with Crippen molar-refractivity contribution in [2.75, 3.05) is 5.01 Å². The van der Waals surface area contributed by atoms with Gasteiger partial charge in [-0.2, -0.15) is 23.5 Å². The van der Waals surface area contributed by atoms with E-state index >= 15 is 0 Å². The summed E-state index contributed by atoms with van der Waals surface area (Å²) in [6.07, 6.45) is -5.99. The van der Waals surface area contributed by atoms with E-state index in [0.29, 0.717) is 5.69 Å². The van der Waals surface area contributed by atoms with Crippen LogP contribution in [0.2, 0.25) is 10.0 Å². The lowest BCUT2D eigenvalue weighted by atomic mass is 9.76. The van der Waals surface area contributed by atoms with Gasteiger partial charge in [0.25, 0.3) is 0 Å². The molecule has 2 N–H and O–H groups in total. The second-order valence-electron chi connectivity index (χ2n) is 6.73. The number of hydrogen-bond acceptors (Lipinski definition) is 5. The van der Waals surface area contributed by atoms with Gasteiger partial charge in [0.05, 0.1) is 17.2 Å². The van der Waals surface area contributed by atoms with Crippen LogP contribution in [0.25, 0.3) is 0 Å². The van der Waals surface area contributed by atoms with E-state index in [1.807, 2.05) is 6.07 Å². The van der Waals surface area contributed by atoms with E-state index in [9.17, 15) is 18.4 Å². The van der Waals surface area contributed by atoms with Crippen molar-refractivity contribution >= 4 is 34.6 Å². The van der Waals surface area contributed by atoms with E-state index in [0.717, 1.165) is 5.01 Å². The number of nitriles is 1. The maximum absolute atomic E-state index is 14.0. The van der Waals surface area contributed by atoms with Crippen LogP contribution in [0.4, 0.5) is 18.9 Å². The second kappa shape index (κ2) is 7.42. The molecular weight excluding hydrogens is 440 g/mol. The Bertz CT molecular complexity index is 1100. The molecule has 0 saturated heterocycles. The molecule has 5 nitrogen and oxygen atoms in total. The molecule has 0 aliphatic carbocycles. The molecule has 0 saturated carbocycles. The van der Waals surface area contributed by atoms with Crippen LogP contribution in [0.1, 0.15) is 11.5 Å².